The standard InChI is InChI=1S/C12H24N2O3/c1-9(2)14-12(11(13)15)5-4-10(8-12)17-7-6-16-3/h9-10,14H,4-8H2,1-3H3,(H2,13,15). The highest BCUT2D eigenvalue weighted by Gasteiger charge is 2.44. The van der Waals surface area contributed by atoms with Crippen LogP contribution < -0.4 is 11.1 Å². The van der Waals surface area contributed by atoms with Crippen LogP contribution in [-0.2, 0) is 14.3 Å². The molecule has 0 aromatic rings. The minimum atomic E-state index is -0.591. The molecule has 0 saturated heterocycles. The van der Waals surface area contributed by atoms with Crippen LogP contribution in [0, 0.1) is 0 Å². The van der Waals surface area contributed by atoms with Gasteiger partial charge in [0.1, 0.15) is 5.54 Å². The van der Waals surface area contributed by atoms with Crippen molar-refractivity contribution < 1.29 is 14.3 Å². The highest BCUT2D eigenvalue weighted by molar-refractivity contribution is 5.85. The lowest BCUT2D eigenvalue weighted by Gasteiger charge is -2.29. The van der Waals surface area contributed by atoms with Gasteiger partial charge in [-0.2, -0.15) is 0 Å². The van der Waals surface area contributed by atoms with Gasteiger partial charge in [0.25, 0.3) is 0 Å². The summed E-state index contributed by atoms with van der Waals surface area (Å²) in [5, 5.41) is 3.29. The van der Waals surface area contributed by atoms with Crippen LogP contribution in [0.4, 0.5) is 0 Å². The van der Waals surface area contributed by atoms with Gasteiger partial charge in [0.05, 0.1) is 19.3 Å². The number of methoxy groups -OCH3 is 1. The van der Waals surface area contributed by atoms with Crippen LogP contribution in [0.25, 0.3) is 0 Å². The molecule has 0 aromatic heterocycles. The van der Waals surface area contributed by atoms with E-state index in [0.29, 0.717) is 19.6 Å². The first kappa shape index (κ1) is 14.4. The van der Waals surface area contributed by atoms with Crippen LogP contribution in [0.3, 0.4) is 0 Å². The smallest absolute Gasteiger partial charge is 0.237 e. The van der Waals surface area contributed by atoms with Gasteiger partial charge in [0, 0.05) is 19.6 Å². The van der Waals surface area contributed by atoms with E-state index < -0.39 is 5.54 Å². The third-order valence-corrected chi connectivity index (χ3v) is 3.15. The summed E-state index contributed by atoms with van der Waals surface area (Å²) in [6, 6.07) is 0.236. The monoisotopic (exact) mass is 244 g/mol. The Morgan fingerprint density at radius 1 is 1.53 bits per heavy atom. The second-order valence-corrected chi connectivity index (χ2v) is 4.97. The molecule has 0 aliphatic heterocycles. The SMILES string of the molecule is COCCOC1CCC(NC(C)C)(C(N)=O)C1. The maximum Gasteiger partial charge on any atom is 0.237 e. The molecular weight excluding hydrogens is 220 g/mol. The van der Waals surface area contributed by atoms with E-state index in [0.717, 1.165) is 12.8 Å². The Kier molecular flexibility index (Phi) is 5.36. The molecule has 1 fully saturated rings. The van der Waals surface area contributed by atoms with Gasteiger partial charge in [0.2, 0.25) is 5.91 Å². The molecule has 0 heterocycles. The Balaban J connectivity index is 2.50. The number of rotatable bonds is 7. The minimum Gasteiger partial charge on any atom is -0.382 e. The third kappa shape index (κ3) is 3.94. The number of nitrogens with two attached hydrogens (primary N) is 1. The van der Waals surface area contributed by atoms with Gasteiger partial charge in [0.15, 0.2) is 0 Å². The highest BCUT2D eigenvalue weighted by Crippen LogP contribution is 2.32. The van der Waals surface area contributed by atoms with Crippen molar-refractivity contribution in [3.05, 3.63) is 0 Å². The maximum absolute atomic E-state index is 11.6. The van der Waals surface area contributed by atoms with E-state index in [9.17, 15) is 4.79 Å². The summed E-state index contributed by atoms with van der Waals surface area (Å²) in [4.78, 5) is 11.6. The average Bonchev–Trinajstić information content (AvgIpc) is 2.62. The number of nitrogens with one attached hydrogen (secondary N) is 1. The maximum atomic E-state index is 11.6. The lowest BCUT2D eigenvalue weighted by atomic mass is 9.95. The summed E-state index contributed by atoms with van der Waals surface area (Å²) in [6.07, 6.45) is 2.37. The number of carbonyl (C=O) groups excluding carboxylic acids is 1. The molecule has 1 amide bonds. The van der Waals surface area contributed by atoms with E-state index in [1.54, 1.807) is 7.11 Å². The largest absolute Gasteiger partial charge is 0.382 e. The fourth-order valence-electron chi connectivity index (χ4n) is 2.42. The zero-order valence-corrected chi connectivity index (χ0v) is 11.0. The van der Waals surface area contributed by atoms with Crippen molar-refractivity contribution in [1.82, 2.24) is 5.32 Å². The Hall–Kier alpha value is -0.650. The molecule has 1 rings (SSSR count). The van der Waals surface area contributed by atoms with E-state index >= 15 is 0 Å². The second kappa shape index (κ2) is 6.33. The van der Waals surface area contributed by atoms with Gasteiger partial charge in [-0.1, -0.05) is 0 Å². The van der Waals surface area contributed by atoms with Gasteiger partial charge in [-0.15, -0.1) is 0 Å². The molecule has 3 N–H and O–H groups in total. The summed E-state index contributed by atoms with van der Waals surface area (Å²) in [5.74, 6) is -0.274. The van der Waals surface area contributed by atoms with Crippen molar-refractivity contribution in [3.63, 3.8) is 0 Å². The number of hydrogen-bond donors (Lipinski definition) is 2. The molecule has 2 unspecified atom stereocenters. The number of primary amides is 1. The van der Waals surface area contributed by atoms with Crippen molar-refractivity contribution in [2.45, 2.75) is 50.8 Å². The molecule has 5 heteroatoms. The van der Waals surface area contributed by atoms with Gasteiger partial charge in [-0.3, -0.25) is 4.79 Å². The fraction of sp³-hybridized carbons (Fsp3) is 0.917. The number of amides is 1. The number of carbonyl (C=O) groups is 1. The summed E-state index contributed by atoms with van der Waals surface area (Å²) >= 11 is 0. The van der Waals surface area contributed by atoms with Crippen LogP contribution in [0.2, 0.25) is 0 Å². The molecule has 2 atom stereocenters. The molecule has 1 aliphatic carbocycles. The molecule has 0 radical (unpaired) electrons. The van der Waals surface area contributed by atoms with E-state index in [2.05, 4.69) is 5.32 Å². The predicted molar refractivity (Wildman–Crippen MR) is 65.7 cm³/mol. The van der Waals surface area contributed by atoms with Crippen molar-refractivity contribution in [2.75, 3.05) is 20.3 Å². The van der Waals surface area contributed by atoms with E-state index in [1.165, 1.54) is 0 Å². The molecule has 100 valence electrons. The van der Waals surface area contributed by atoms with Crippen molar-refractivity contribution in [3.8, 4) is 0 Å². The fourth-order valence-corrected chi connectivity index (χ4v) is 2.42. The average molecular weight is 244 g/mol. The first-order valence-electron chi connectivity index (χ1n) is 6.18. The second-order valence-electron chi connectivity index (χ2n) is 4.97. The minimum absolute atomic E-state index is 0.101. The van der Waals surface area contributed by atoms with Gasteiger partial charge in [-0.25, -0.2) is 0 Å². The van der Waals surface area contributed by atoms with Crippen molar-refractivity contribution in [2.24, 2.45) is 5.73 Å². The first-order chi connectivity index (χ1) is 8.00. The molecule has 1 aliphatic rings. The van der Waals surface area contributed by atoms with Crippen LogP contribution in [0.15, 0.2) is 0 Å². The summed E-state index contributed by atoms with van der Waals surface area (Å²) in [6.45, 7) is 5.18. The summed E-state index contributed by atoms with van der Waals surface area (Å²) in [5.41, 5.74) is 4.93. The molecular formula is C12H24N2O3. The summed E-state index contributed by atoms with van der Waals surface area (Å²) < 4.78 is 10.6. The molecule has 0 aromatic carbocycles. The first-order valence-corrected chi connectivity index (χ1v) is 6.18. The topological polar surface area (TPSA) is 73.6 Å². The molecule has 17 heavy (non-hydrogen) atoms. The lowest BCUT2D eigenvalue weighted by Crippen LogP contribution is -2.56. The normalized spacial score (nSPS) is 28.8. The molecule has 0 spiro atoms. The Bertz CT molecular complexity index is 258. The van der Waals surface area contributed by atoms with Gasteiger partial charge >= 0.3 is 0 Å². The van der Waals surface area contributed by atoms with E-state index in [-0.39, 0.29) is 18.1 Å². The van der Waals surface area contributed by atoms with Crippen molar-refractivity contribution in [1.29, 1.82) is 0 Å². The lowest BCUT2D eigenvalue weighted by molar-refractivity contribution is -0.125. The van der Waals surface area contributed by atoms with Gasteiger partial charge < -0.3 is 20.5 Å². The van der Waals surface area contributed by atoms with Gasteiger partial charge in [-0.05, 0) is 26.7 Å². The zero-order valence-electron chi connectivity index (χ0n) is 11.0. The highest BCUT2D eigenvalue weighted by atomic mass is 16.5. The van der Waals surface area contributed by atoms with E-state index in [4.69, 9.17) is 15.2 Å². The van der Waals surface area contributed by atoms with E-state index in [1.807, 2.05) is 13.8 Å². The van der Waals surface area contributed by atoms with Crippen molar-refractivity contribution >= 4 is 5.91 Å². The van der Waals surface area contributed by atoms with Crippen LogP contribution in [0.5, 0.6) is 0 Å². The quantitative estimate of drug-likeness (QED) is 0.637. The van der Waals surface area contributed by atoms with Crippen LogP contribution in [0.1, 0.15) is 33.1 Å². The number of hydrogen-bond acceptors (Lipinski definition) is 4. The third-order valence-electron chi connectivity index (χ3n) is 3.15. The molecule has 1 saturated carbocycles. The molecule has 0 bridgehead atoms. The molecule has 5 nitrogen and oxygen atoms in total. The van der Waals surface area contributed by atoms with Crippen LogP contribution >= 0.6 is 0 Å². The Labute approximate surface area is 103 Å². The number of ether oxygens (including phenoxy) is 2. The zero-order chi connectivity index (χ0) is 12.9. The Morgan fingerprint density at radius 3 is 2.76 bits per heavy atom. The summed E-state index contributed by atoms with van der Waals surface area (Å²) in [7, 11) is 1.64. The Morgan fingerprint density at radius 2 is 2.24 bits per heavy atom. The van der Waals surface area contributed by atoms with Crippen LogP contribution in [-0.4, -0.2) is 43.9 Å². The predicted octanol–water partition coefficient (Wildman–Crippen LogP) is 0.424.